The Morgan fingerprint density at radius 3 is 2.70 bits per heavy atom. The van der Waals surface area contributed by atoms with Crippen LogP contribution in [0.1, 0.15) is 26.7 Å². The van der Waals surface area contributed by atoms with Crippen molar-refractivity contribution in [2.45, 2.75) is 32.7 Å². The molecule has 0 saturated heterocycles. The van der Waals surface area contributed by atoms with Gasteiger partial charge in [0.05, 0.1) is 0 Å². The fourth-order valence-electron chi connectivity index (χ4n) is 0.590. The van der Waals surface area contributed by atoms with Gasteiger partial charge in [0.2, 0.25) is 0 Å². The lowest BCUT2D eigenvalue weighted by Gasteiger charge is -2.08. The van der Waals surface area contributed by atoms with Gasteiger partial charge in [-0.15, -0.1) is 0 Å². The second-order valence-corrected chi connectivity index (χ2v) is 2.47. The molecule has 3 nitrogen and oxygen atoms in total. The summed E-state index contributed by atoms with van der Waals surface area (Å²) >= 11 is 0. The molecule has 0 radical (unpaired) electrons. The highest BCUT2D eigenvalue weighted by molar-refractivity contribution is 4.53. The van der Waals surface area contributed by atoms with Gasteiger partial charge in [0.15, 0.2) is 0 Å². The van der Waals surface area contributed by atoms with E-state index >= 15 is 0 Å². The molecule has 3 heteroatoms. The second kappa shape index (κ2) is 6.99. The van der Waals surface area contributed by atoms with Gasteiger partial charge in [-0.05, 0) is 19.8 Å². The Kier molecular flexibility index (Phi) is 6.91. The number of nitrogens with two attached hydrogens (primary N) is 1. The van der Waals surface area contributed by atoms with E-state index in [1.807, 2.05) is 6.92 Å². The predicted molar refractivity (Wildman–Crippen MR) is 42.5 cm³/mol. The zero-order chi connectivity index (χ0) is 7.82. The second-order valence-electron chi connectivity index (χ2n) is 2.47. The molecule has 0 heterocycles. The molecule has 0 aliphatic carbocycles. The largest absolute Gasteiger partial charge is 0.381 e. The quantitative estimate of drug-likeness (QED) is 0.329. The highest BCUT2D eigenvalue weighted by atomic mass is 16.5. The van der Waals surface area contributed by atoms with E-state index < -0.39 is 0 Å². The maximum Gasteiger partial charge on any atom is 0.0481 e. The Balaban J connectivity index is 2.89. The van der Waals surface area contributed by atoms with Gasteiger partial charge in [0.25, 0.3) is 0 Å². The summed E-state index contributed by atoms with van der Waals surface area (Å²) in [5.74, 6) is 5.18. The van der Waals surface area contributed by atoms with Gasteiger partial charge >= 0.3 is 0 Å². The van der Waals surface area contributed by atoms with Gasteiger partial charge < -0.3 is 4.74 Å². The summed E-state index contributed by atoms with van der Waals surface area (Å²) in [6.07, 6.45) is 2.07. The summed E-state index contributed by atoms with van der Waals surface area (Å²) in [5, 5.41) is 0. The molecular weight excluding hydrogens is 128 g/mol. The topological polar surface area (TPSA) is 47.3 Å². The monoisotopic (exact) mass is 146 g/mol. The molecule has 0 aromatic rings. The molecule has 0 fully saturated rings. The highest BCUT2D eigenvalue weighted by Gasteiger charge is 1.96. The fraction of sp³-hybridized carbons (Fsp3) is 1.00. The molecule has 0 aromatic carbocycles. The zero-order valence-electron chi connectivity index (χ0n) is 6.89. The van der Waals surface area contributed by atoms with Crippen LogP contribution in [-0.2, 0) is 4.74 Å². The van der Waals surface area contributed by atoms with Gasteiger partial charge in [-0.2, -0.15) is 0 Å². The number of hydrogen-bond donors (Lipinski definition) is 2. The molecule has 0 aliphatic heterocycles. The lowest BCUT2D eigenvalue weighted by atomic mass is 10.3. The van der Waals surface area contributed by atoms with E-state index in [1.165, 1.54) is 0 Å². The van der Waals surface area contributed by atoms with Crippen LogP contribution in [0.2, 0.25) is 0 Å². The molecule has 62 valence electrons. The summed E-state index contributed by atoms with van der Waals surface area (Å²) in [4.78, 5) is 0. The smallest absolute Gasteiger partial charge is 0.0481 e. The Hall–Kier alpha value is -0.120. The Morgan fingerprint density at radius 2 is 2.20 bits per heavy atom. The molecule has 0 saturated carbocycles. The van der Waals surface area contributed by atoms with Crippen LogP contribution in [0.15, 0.2) is 0 Å². The molecular formula is C7H18N2O. The molecule has 3 N–H and O–H groups in total. The number of ether oxygens (including phenoxy) is 1. The maximum atomic E-state index is 5.26. The van der Waals surface area contributed by atoms with Gasteiger partial charge in [-0.3, -0.25) is 11.3 Å². The molecule has 1 unspecified atom stereocenters. The number of hydrogen-bond acceptors (Lipinski definition) is 3. The lowest BCUT2D eigenvalue weighted by molar-refractivity contribution is 0.126. The van der Waals surface area contributed by atoms with Crippen LogP contribution in [0.5, 0.6) is 0 Å². The van der Waals surface area contributed by atoms with E-state index in [1.54, 1.807) is 0 Å². The first-order valence-corrected chi connectivity index (χ1v) is 3.85. The summed E-state index contributed by atoms with van der Waals surface area (Å²) in [5.41, 5.74) is 2.66. The van der Waals surface area contributed by atoms with Crippen molar-refractivity contribution in [3.8, 4) is 0 Å². The van der Waals surface area contributed by atoms with Crippen molar-refractivity contribution in [2.75, 3.05) is 13.2 Å². The summed E-state index contributed by atoms with van der Waals surface area (Å²) in [6.45, 7) is 5.80. The van der Waals surface area contributed by atoms with Crippen LogP contribution < -0.4 is 11.3 Å². The van der Waals surface area contributed by atoms with Crippen LogP contribution in [0.3, 0.4) is 0 Å². The molecule has 0 aliphatic rings. The van der Waals surface area contributed by atoms with E-state index in [0.717, 1.165) is 26.1 Å². The lowest BCUT2D eigenvalue weighted by Crippen LogP contribution is -2.33. The van der Waals surface area contributed by atoms with Crippen molar-refractivity contribution in [1.29, 1.82) is 0 Å². The zero-order valence-corrected chi connectivity index (χ0v) is 6.89. The minimum absolute atomic E-state index is 0.358. The highest BCUT2D eigenvalue weighted by Crippen LogP contribution is 1.89. The van der Waals surface area contributed by atoms with Gasteiger partial charge in [-0.1, -0.05) is 6.92 Å². The standard InChI is InChI=1S/C7H18N2O/c1-3-5-10-6-4-7(2)9-8/h7,9H,3-6,8H2,1-2H3. The molecule has 0 bridgehead atoms. The van der Waals surface area contributed by atoms with E-state index in [9.17, 15) is 0 Å². The molecule has 0 spiro atoms. The van der Waals surface area contributed by atoms with Crippen molar-refractivity contribution in [3.63, 3.8) is 0 Å². The molecule has 0 aromatic heterocycles. The van der Waals surface area contributed by atoms with Gasteiger partial charge in [0.1, 0.15) is 0 Å². The third-order valence-corrected chi connectivity index (χ3v) is 1.33. The predicted octanol–water partition coefficient (Wildman–Crippen LogP) is 0.655. The summed E-state index contributed by atoms with van der Waals surface area (Å²) < 4.78 is 5.26. The molecule has 0 amide bonds. The van der Waals surface area contributed by atoms with Crippen molar-refractivity contribution in [3.05, 3.63) is 0 Å². The molecule has 1 atom stereocenters. The fourth-order valence-corrected chi connectivity index (χ4v) is 0.590. The maximum absolute atomic E-state index is 5.26. The van der Waals surface area contributed by atoms with Crippen LogP contribution in [0, 0.1) is 0 Å². The number of rotatable bonds is 6. The van der Waals surface area contributed by atoms with E-state index in [-0.39, 0.29) is 0 Å². The third-order valence-electron chi connectivity index (χ3n) is 1.33. The van der Waals surface area contributed by atoms with E-state index in [0.29, 0.717) is 6.04 Å². The van der Waals surface area contributed by atoms with Gasteiger partial charge in [0, 0.05) is 19.3 Å². The van der Waals surface area contributed by atoms with Crippen molar-refractivity contribution in [2.24, 2.45) is 5.84 Å². The van der Waals surface area contributed by atoms with E-state index in [4.69, 9.17) is 10.6 Å². The minimum Gasteiger partial charge on any atom is -0.381 e. The van der Waals surface area contributed by atoms with Crippen LogP contribution in [0.25, 0.3) is 0 Å². The summed E-state index contributed by atoms with van der Waals surface area (Å²) in [6, 6.07) is 0.358. The Labute approximate surface area is 62.9 Å². The first-order valence-electron chi connectivity index (χ1n) is 3.85. The number of nitrogens with one attached hydrogen (secondary N) is 1. The normalized spacial score (nSPS) is 13.5. The first kappa shape index (κ1) is 9.88. The summed E-state index contributed by atoms with van der Waals surface area (Å²) in [7, 11) is 0. The van der Waals surface area contributed by atoms with Gasteiger partial charge in [-0.25, -0.2) is 0 Å². The molecule has 0 rings (SSSR count). The first-order chi connectivity index (χ1) is 4.81. The average molecular weight is 146 g/mol. The average Bonchev–Trinajstić information content (AvgIpc) is 1.98. The van der Waals surface area contributed by atoms with E-state index in [2.05, 4.69) is 12.3 Å². The minimum atomic E-state index is 0.358. The third kappa shape index (κ3) is 6.01. The van der Waals surface area contributed by atoms with Crippen LogP contribution in [-0.4, -0.2) is 19.3 Å². The van der Waals surface area contributed by atoms with Crippen LogP contribution in [0.4, 0.5) is 0 Å². The van der Waals surface area contributed by atoms with Crippen LogP contribution >= 0.6 is 0 Å². The van der Waals surface area contributed by atoms with Crippen molar-refractivity contribution in [1.82, 2.24) is 5.43 Å². The van der Waals surface area contributed by atoms with Crippen molar-refractivity contribution >= 4 is 0 Å². The Morgan fingerprint density at radius 1 is 1.50 bits per heavy atom. The SMILES string of the molecule is CCCOCCC(C)NN. The number of hydrazine groups is 1. The molecule has 10 heavy (non-hydrogen) atoms. The Bertz CT molecular complexity index is 68.6. The van der Waals surface area contributed by atoms with Crippen molar-refractivity contribution < 1.29 is 4.74 Å².